The van der Waals surface area contributed by atoms with Gasteiger partial charge in [0.1, 0.15) is 22.3 Å². The molecule has 0 atom stereocenters. The van der Waals surface area contributed by atoms with E-state index in [0.717, 1.165) is 60.9 Å². The van der Waals surface area contributed by atoms with Crippen LogP contribution >= 0.6 is 11.8 Å². The fraction of sp³-hybridized carbons (Fsp3) is 0.0294. The van der Waals surface area contributed by atoms with E-state index in [0.29, 0.717) is 0 Å². The molecule has 2 aliphatic carbocycles. The van der Waals surface area contributed by atoms with Crippen LogP contribution in [0.3, 0.4) is 0 Å². The Balaban J connectivity index is 1.00. The van der Waals surface area contributed by atoms with Crippen molar-refractivity contribution in [3.63, 3.8) is 0 Å². The van der Waals surface area contributed by atoms with Gasteiger partial charge in [-0.15, -0.1) is 0 Å². The summed E-state index contributed by atoms with van der Waals surface area (Å²) in [6.45, 7) is 0. The van der Waals surface area contributed by atoms with Crippen LogP contribution in [-0.2, 0) is 10.8 Å². The summed E-state index contributed by atoms with van der Waals surface area (Å²) in [5.41, 5.74) is 20.4. The van der Waals surface area contributed by atoms with Gasteiger partial charge in [0.05, 0.1) is 27.6 Å². The van der Waals surface area contributed by atoms with E-state index < -0.39 is 10.8 Å². The van der Waals surface area contributed by atoms with Crippen LogP contribution in [0.5, 0.6) is 0 Å². The summed E-state index contributed by atoms with van der Waals surface area (Å²) in [4.78, 5) is 5.03. The molecule has 1 spiro atoms. The summed E-state index contributed by atoms with van der Waals surface area (Å²) < 4.78 is 13.9. The Labute approximate surface area is 420 Å². The zero-order valence-electron chi connectivity index (χ0n) is 38.8. The van der Waals surface area contributed by atoms with Gasteiger partial charge in [-0.3, -0.25) is 0 Å². The van der Waals surface area contributed by atoms with Crippen molar-refractivity contribution >= 4 is 72.7 Å². The van der Waals surface area contributed by atoms with Crippen LogP contribution in [0.15, 0.2) is 267 Å². The maximum Gasteiger partial charge on any atom is 0.137 e. The number of nitrogens with zero attached hydrogens (tertiary/aromatic N) is 1. The minimum absolute atomic E-state index is 0.517. The predicted octanol–water partition coefficient (Wildman–Crippen LogP) is 18.1. The lowest BCUT2D eigenvalue weighted by Crippen LogP contribution is -2.31. The first-order valence-electron chi connectivity index (χ1n) is 24.7. The molecule has 72 heavy (non-hydrogen) atoms. The van der Waals surface area contributed by atoms with Crippen LogP contribution < -0.4 is 4.90 Å². The topological polar surface area (TPSA) is 29.5 Å². The van der Waals surface area contributed by atoms with Crippen molar-refractivity contribution in [2.75, 3.05) is 4.90 Å². The van der Waals surface area contributed by atoms with Crippen LogP contribution in [-0.4, -0.2) is 0 Å². The predicted molar refractivity (Wildman–Crippen MR) is 294 cm³/mol. The number of anilines is 3. The molecule has 0 saturated heterocycles. The first kappa shape index (κ1) is 40.0. The Morgan fingerprint density at radius 2 is 0.861 bits per heavy atom. The smallest absolute Gasteiger partial charge is 0.137 e. The number of hydrogen-bond acceptors (Lipinski definition) is 4. The third kappa shape index (κ3) is 5.16. The van der Waals surface area contributed by atoms with E-state index in [-0.39, 0.29) is 0 Å². The number of benzene rings is 11. The van der Waals surface area contributed by atoms with Gasteiger partial charge < -0.3 is 13.7 Å². The molecular formula is C68H41NO2S. The zero-order chi connectivity index (χ0) is 47.1. The molecular weight excluding hydrogens is 895 g/mol. The molecule has 336 valence electrons. The fourth-order valence-electron chi connectivity index (χ4n) is 13.3. The van der Waals surface area contributed by atoms with Crippen molar-refractivity contribution in [3.05, 3.63) is 293 Å². The molecule has 16 rings (SSSR count). The summed E-state index contributed by atoms with van der Waals surface area (Å²) in [6, 6.07) is 91.5. The highest BCUT2D eigenvalue weighted by Crippen LogP contribution is 2.64. The van der Waals surface area contributed by atoms with Crippen molar-refractivity contribution in [1.29, 1.82) is 0 Å². The van der Waals surface area contributed by atoms with E-state index in [2.05, 4.69) is 248 Å². The van der Waals surface area contributed by atoms with E-state index in [4.69, 9.17) is 8.83 Å². The Morgan fingerprint density at radius 1 is 0.319 bits per heavy atom. The molecule has 0 amide bonds. The fourth-order valence-corrected chi connectivity index (χ4v) is 14.5. The van der Waals surface area contributed by atoms with E-state index in [9.17, 15) is 0 Å². The maximum absolute atomic E-state index is 7.21. The number of hydrogen-bond donors (Lipinski definition) is 0. The van der Waals surface area contributed by atoms with E-state index in [1.807, 2.05) is 17.8 Å². The Kier molecular flexibility index (Phi) is 8.24. The second-order valence-electron chi connectivity index (χ2n) is 19.4. The summed E-state index contributed by atoms with van der Waals surface area (Å²) in [6.07, 6.45) is 0. The number of rotatable bonds is 5. The van der Waals surface area contributed by atoms with Crippen molar-refractivity contribution in [3.8, 4) is 22.3 Å². The van der Waals surface area contributed by atoms with Crippen LogP contribution in [0.2, 0.25) is 0 Å². The molecule has 4 heteroatoms. The molecule has 0 fully saturated rings. The lowest BCUT2D eigenvalue weighted by molar-refractivity contribution is 0.664. The molecule has 0 radical (unpaired) electrons. The Hall–Kier alpha value is -8.83. The van der Waals surface area contributed by atoms with Gasteiger partial charge in [0.15, 0.2) is 0 Å². The highest BCUT2D eigenvalue weighted by Gasteiger charge is 2.51. The summed E-state index contributed by atoms with van der Waals surface area (Å²) in [7, 11) is 0. The monoisotopic (exact) mass is 935 g/mol. The van der Waals surface area contributed by atoms with Gasteiger partial charge in [-0.1, -0.05) is 194 Å². The molecule has 0 saturated carbocycles. The van der Waals surface area contributed by atoms with E-state index >= 15 is 0 Å². The number of fused-ring (bicyclic) bond motifs is 18. The van der Waals surface area contributed by atoms with Gasteiger partial charge >= 0.3 is 0 Å². The quantitative estimate of drug-likeness (QED) is 0.172. The van der Waals surface area contributed by atoms with Crippen LogP contribution in [0.25, 0.3) is 66.1 Å². The highest BCUT2D eigenvalue weighted by atomic mass is 32.2. The first-order valence-corrected chi connectivity index (χ1v) is 25.6. The lowest BCUT2D eigenvalue weighted by Gasteiger charge is -2.39. The molecule has 0 unspecified atom stereocenters. The molecule has 1 aliphatic heterocycles. The standard InChI is InChI=1S/C68H41NO2S/c1-3-19-42(20-4-1)67(43-21-5-2-6-22-43)52-27-11-8-25-48(52)65-55(67)30-17-31-57(65)69(44-37-38-47-46-24-9-14-33-59(46)70-61(47)39-44)58-32-18-34-60-66(58)50-40-49-45-23-7-10-26-51(45)68(56(49)41-62(50)71-60)53-28-12-15-35-63(53)72-64-36-16-13-29-54(64)68/h1-41H. The largest absolute Gasteiger partial charge is 0.456 e. The third-order valence-electron chi connectivity index (χ3n) is 16.0. The van der Waals surface area contributed by atoms with Gasteiger partial charge in [-0.25, -0.2) is 0 Å². The Morgan fingerprint density at radius 3 is 1.61 bits per heavy atom. The maximum atomic E-state index is 7.21. The molecule has 13 aromatic rings. The van der Waals surface area contributed by atoms with E-state index in [1.54, 1.807) is 0 Å². The molecule has 3 aliphatic rings. The molecule has 0 N–H and O–H groups in total. The molecule has 3 heterocycles. The zero-order valence-corrected chi connectivity index (χ0v) is 39.7. The van der Waals surface area contributed by atoms with Gasteiger partial charge in [0, 0.05) is 43.3 Å². The number of furan rings is 2. The van der Waals surface area contributed by atoms with Crippen LogP contribution in [0, 0.1) is 0 Å². The van der Waals surface area contributed by atoms with Crippen molar-refractivity contribution in [2.45, 2.75) is 20.6 Å². The van der Waals surface area contributed by atoms with E-state index in [1.165, 1.54) is 76.6 Å². The average molecular weight is 936 g/mol. The minimum atomic E-state index is -0.577. The third-order valence-corrected chi connectivity index (χ3v) is 17.2. The van der Waals surface area contributed by atoms with Gasteiger partial charge in [-0.05, 0) is 122 Å². The average Bonchev–Trinajstić information content (AvgIpc) is 4.17. The van der Waals surface area contributed by atoms with Crippen LogP contribution in [0.1, 0.15) is 44.5 Å². The van der Waals surface area contributed by atoms with Gasteiger partial charge in [-0.2, -0.15) is 0 Å². The van der Waals surface area contributed by atoms with Gasteiger partial charge in [0.2, 0.25) is 0 Å². The normalized spacial score (nSPS) is 14.3. The highest BCUT2D eigenvalue weighted by molar-refractivity contribution is 7.99. The second-order valence-corrected chi connectivity index (χ2v) is 20.5. The molecule has 2 aromatic heterocycles. The lowest BCUT2D eigenvalue weighted by atomic mass is 9.67. The molecule has 3 nitrogen and oxygen atoms in total. The SMILES string of the molecule is c1ccc(C2(c3ccccc3)c3ccccc3-c3c(N(c4ccc5c(c4)oc4ccccc45)c4cccc5oc6cc7c(cc6c45)-c4ccccc4C74c5ccccc5Sc5ccccc54)cccc32)cc1. The van der Waals surface area contributed by atoms with Crippen LogP contribution in [0.4, 0.5) is 17.1 Å². The van der Waals surface area contributed by atoms with Gasteiger partial charge in [0.25, 0.3) is 0 Å². The summed E-state index contributed by atoms with van der Waals surface area (Å²) in [5.74, 6) is 0. The minimum Gasteiger partial charge on any atom is -0.456 e. The molecule has 11 aromatic carbocycles. The first-order chi connectivity index (χ1) is 35.7. The van der Waals surface area contributed by atoms with Crippen molar-refractivity contribution < 1.29 is 8.83 Å². The summed E-state index contributed by atoms with van der Waals surface area (Å²) >= 11 is 1.87. The second kappa shape index (κ2) is 14.8. The van der Waals surface area contributed by atoms with Crippen molar-refractivity contribution in [1.82, 2.24) is 0 Å². The van der Waals surface area contributed by atoms with Crippen molar-refractivity contribution in [2.24, 2.45) is 0 Å². The Bertz CT molecular complexity index is 4310. The summed E-state index contributed by atoms with van der Waals surface area (Å²) in [5, 5.41) is 4.32. The number of para-hydroxylation sites is 1. The molecule has 0 bridgehead atoms.